The average Bonchev–Trinajstić information content (AvgIpc) is 3.41. The number of halogens is 1. The number of carbonyl (C=O) groups is 2. The fourth-order valence-electron chi connectivity index (χ4n) is 2.38. The molecule has 2 fully saturated rings. The Morgan fingerprint density at radius 2 is 2.00 bits per heavy atom. The Morgan fingerprint density at radius 3 is 2.67 bits per heavy atom. The molecule has 0 spiro atoms. The van der Waals surface area contributed by atoms with Gasteiger partial charge in [0.25, 0.3) is 5.91 Å². The highest BCUT2D eigenvalue weighted by atomic mass is 35.5. The zero-order valence-electron chi connectivity index (χ0n) is 13.5. The number of hydrogen-bond donors (Lipinski definition) is 3. The van der Waals surface area contributed by atoms with Gasteiger partial charge in [0.1, 0.15) is 5.75 Å². The second kappa shape index (κ2) is 8.35. The molecule has 0 saturated heterocycles. The van der Waals surface area contributed by atoms with Gasteiger partial charge in [0, 0.05) is 30.3 Å². The van der Waals surface area contributed by atoms with E-state index in [-0.39, 0.29) is 42.8 Å². The van der Waals surface area contributed by atoms with Gasteiger partial charge in [0.05, 0.1) is 0 Å². The summed E-state index contributed by atoms with van der Waals surface area (Å²) in [6.45, 7) is 0.432. The van der Waals surface area contributed by atoms with Crippen LogP contribution in [0.25, 0.3) is 0 Å². The molecule has 0 heterocycles. The molecule has 0 bridgehead atoms. The van der Waals surface area contributed by atoms with Gasteiger partial charge in [0.15, 0.2) is 6.61 Å². The molecule has 4 N–H and O–H groups in total. The Bertz CT molecular complexity index is 588. The Morgan fingerprint density at radius 1 is 1.25 bits per heavy atom. The minimum absolute atomic E-state index is 0. The van der Waals surface area contributed by atoms with Crippen LogP contribution < -0.4 is 21.1 Å². The maximum Gasteiger partial charge on any atom is 0.257 e. The van der Waals surface area contributed by atoms with Crippen molar-refractivity contribution in [3.8, 4) is 5.75 Å². The van der Waals surface area contributed by atoms with Crippen LogP contribution in [0.15, 0.2) is 24.3 Å². The summed E-state index contributed by atoms with van der Waals surface area (Å²) in [5.74, 6) is 1.13. The number of anilines is 1. The standard InChI is InChI=1S/C17H23N3O3.ClH/c18-15(11-4-5-11)9-19-16(21)10-23-14-3-1-2-13(8-14)20-17(22)12-6-7-12;/h1-3,8,11-12,15H,4-7,9-10,18H2,(H,19,21)(H,20,22);1H. The van der Waals surface area contributed by atoms with Crippen LogP contribution in [0.1, 0.15) is 25.7 Å². The fourth-order valence-corrected chi connectivity index (χ4v) is 2.38. The molecule has 132 valence electrons. The van der Waals surface area contributed by atoms with E-state index in [4.69, 9.17) is 10.5 Å². The van der Waals surface area contributed by atoms with E-state index in [0.29, 0.717) is 23.9 Å². The van der Waals surface area contributed by atoms with Crippen LogP contribution >= 0.6 is 12.4 Å². The molecule has 1 atom stereocenters. The van der Waals surface area contributed by atoms with E-state index in [9.17, 15) is 9.59 Å². The van der Waals surface area contributed by atoms with Gasteiger partial charge in [-0.3, -0.25) is 9.59 Å². The van der Waals surface area contributed by atoms with E-state index in [1.165, 1.54) is 0 Å². The summed E-state index contributed by atoms with van der Waals surface area (Å²) in [5, 5.41) is 5.64. The lowest BCUT2D eigenvalue weighted by atomic mass is 10.2. The minimum Gasteiger partial charge on any atom is -0.484 e. The Balaban J connectivity index is 0.00000208. The molecule has 1 aromatic rings. The fraction of sp³-hybridized carbons (Fsp3) is 0.529. The quantitative estimate of drug-likeness (QED) is 0.663. The van der Waals surface area contributed by atoms with Gasteiger partial charge in [-0.1, -0.05) is 6.07 Å². The number of nitrogens with one attached hydrogen (secondary N) is 2. The molecule has 2 aliphatic carbocycles. The van der Waals surface area contributed by atoms with Crippen LogP contribution in [-0.2, 0) is 9.59 Å². The van der Waals surface area contributed by atoms with Gasteiger partial charge in [-0.15, -0.1) is 12.4 Å². The van der Waals surface area contributed by atoms with Crippen molar-refractivity contribution < 1.29 is 14.3 Å². The molecule has 2 aliphatic rings. The number of benzene rings is 1. The topological polar surface area (TPSA) is 93.4 Å². The molecule has 1 aromatic carbocycles. The Hall–Kier alpha value is -1.79. The first-order valence-electron chi connectivity index (χ1n) is 8.18. The molecule has 2 amide bonds. The second-order valence-electron chi connectivity index (χ2n) is 6.39. The third-order valence-electron chi connectivity index (χ3n) is 4.18. The molecule has 3 rings (SSSR count). The van der Waals surface area contributed by atoms with Crippen LogP contribution in [0, 0.1) is 11.8 Å². The third kappa shape index (κ3) is 5.69. The van der Waals surface area contributed by atoms with Crippen molar-refractivity contribution in [2.75, 3.05) is 18.5 Å². The van der Waals surface area contributed by atoms with Crippen LogP contribution in [0.2, 0.25) is 0 Å². The number of ether oxygens (including phenoxy) is 1. The van der Waals surface area contributed by atoms with Crippen LogP contribution in [0.5, 0.6) is 5.75 Å². The molecule has 2 saturated carbocycles. The highest BCUT2D eigenvalue weighted by Crippen LogP contribution is 2.31. The zero-order chi connectivity index (χ0) is 16.2. The van der Waals surface area contributed by atoms with Crippen molar-refractivity contribution in [2.45, 2.75) is 31.7 Å². The molecule has 24 heavy (non-hydrogen) atoms. The van der Waals surface area contributed by atoms with E-state index in [2.05, 4.69) is 10.6 Å². The molecular formula is C17H24ClN3O3. The van der Waals surface area contributed by atoms with Crippen molar-refractivity contribution >= 4 is 29.9 Å². The highest BCUT2D eigenvalue weighted by Gasteiger charge is 2.29. The lowest BCUT2D eigenvalue weighted by Gasteiger charge is -2.12. The monoisotopic (exact) mass is 353 g/mol. The SMILES string of the molecule is Cl.NC(CNC(=O)COc1cccc(NC(=O)C2CC2)c1)C1CC1. The smallest absolute Gasteiger partial charge is 0.257 e. The van der Waals surface area contributed by atoms with Crippen molar-refractivity contribution in [1.82, 2.24) is 5.32 Å². The summed E-state index contributed by atoms with van der Waals surface area (Å²) in [7, 11) is 0. The third-order valence-corrected chi connectivity index (χ3v) is 4.18. The number of carbonyl (C=O) groups excluding carboxylic acids is 2. The average molecular weight is 354 g/mol. The largest absolute Gasteiger partial charge is 0.484 e. The van der Waals surface area contributed by atoms with Crippen LogP contribution in [-0.4, -0.2) is 31.0 Å². The van der Waals surface area contributed by atoms with Crippen LogP contribution in [0.3, 0.4) is 0 Å². The highest BCUT2D eigenvalue weighted by molar-refractivity contribution is 5.94. The normalized spacial score (nSPS) is 17.4. The van der Waals surface area contributed by atoms with E-state index < -0.39 is 0 Å². The van der Waals surface area contributed by atoms with E-state index in [0.717, 1.165) is 25.7 Å². The van der Waals surface area contributed by atoms with Crippen molar-refractivity contribution in [1.29, 1.82) is 0 Å². The first-order chi connectivity index (χ1) is 11.1. The number of hydrogen-bond acceptors (Lipinski definition) is 4. The predicted molar refractivity (Wildman–Crippen MR) is 94.2 cm³/mol. The lowest BCUT2D eigenvalue weighted by molar-refractivity contribution is -0.123. The van der Waals surface area contributed by atoms with Gasteiger partial charge < -0.3 is 21.1 Å². The van der Waals surface area contributed by atoms with Gasteiger partial charge >= 0.3 is 0 Å². The molecule has 7 heteroatoms. The van der Waals surface area contributed by atoms with Gasteiger partial charge in [-0.05, 0) is 43.7 Å². The summed E-state index contributed by atoms with van der Waals surface area (Å²) < 4.78 is 5.47. The predicted octanol–water partition coefficient (Wildman–Crippen LogP) is 1.69. The lowest BCUT2D eigenvalue weighted by Crippen LogP contribution is -2.40. The molecular weight excluding hydrogens is 330 g/mol. The Labute approximate surface area is 147 Å². The second-order valence-corrected chi connectivity index (χ2v) is 6.39. The Kier molecular flexibility index (Phi) is 6.45. The first kappa shape index (κ1) is 18.5. The maximum absolute atomic E-state index is 11.8. The summed E-state index contributed by atoms with van der Waals surface area (Å²) >= 11 is 0. The molecule has 0 radical (unpaired) electrons. The molecule has 1 unspecified atom stereocenters. The maximum atomic E-state index is 11.8. The minimum atomic E-state index is -0.187. The first-order valence-corrected chi connectivity index (χ1v) is 8.18. The zero-order valence-corrected chi connectivity index (χ0v) is 14.3. The van der Waals surface area contributed by atoms with Gasteiger partial charge in [0.2, 0.25) is 5.91 Å². The summed E-state index contributed by atoms with van der Waals surface area (Å²) in [6.07, 6.45) is 4.25. The van der Waals surface area contributed by atoms with E-state index in [1.807, 2.05) is 6.07 Å². The summed E-state index contributed by atoms with van der Waals surface area (Å²) in [4.78, 5) is 23.5. The number of amides is 2. The van der Waals surface area contributed by atoms with Crippen molar-refractivity contribution in [3.63, 3.8) is 0 Å². The van der Waals surface area contributed by atoms with Crippen molar-refractivity contribution in [3.05, 3.63) is 24.3 Å². The number of rotatable bonds is 8. The molecule has 0 aromatic heterocycles. The number of nitrogens with two attached hydrogens (primary N) is 1. The van der Waals surface area contributed by atoms with Gasteiger partial charge in [-0.2, -0.15) is 0 Å². The summed E-state index contributed by atoms with van der Waals surface area (Å²) in [6, 6.07) is 7.13. The summed E-state index contributed by atoms with van der Waals surface area (Å²) in [5.41, 5.74) is 6.62. The molecule has 0 aliphatic heterocycles. The van der Waals surface area contributed by atoms with E-state index >= 15 is 0 Å². The van der Waals surface area contributed by atoms with Crippen molar-refractivity contribution in [2.24, 2.45) is 17.6 Å². The molecule has 6 nitrogen and oxygen atoms in total. The van der Waals surface area contributed by atoms with Gasteiger partial charge in [-0.25, -0.2) is 0 Å². The van der Waals surface area contributed by atoms with E-state index in [1.54, 1.807) is 18.2 Å². The van der Waals surface area contributed by atoms with Crippen LogP contribution in [0.4, 0.5) is 5.69 Å².